The monoisotopic (exact) mass is 348 g/mol. The number of carbonyl (C=O) groups excluding carboxylic acids is 2. The lowest BCUT2D eigenvalue weighted by Crippen LogP contribution is -2.34. The van der Waals surface area contributed by atoms with Gasteiger partial charge in [0.2, 0.25) is 11.8 Å². The van der Waals surface area contributed by atoms with E-state index in [1.165, 1.54) is 5.56 Å². The zero-order valence-corrected chi connectivity index (χ0v) is 16.3. The Morgan fingerprint density at radius 3 is 2.29 bits per heavy atom. The second kappa shape index (κ2) is 7.18. The Kier molecular flexibility index (Phi) is 5.63. The zero-order chi connectivity index (χ0) is 18.1. The molecule has 1 aliphatic heterocycles. The van der Waals surface area contributed by atoms with Gasteiger partial charge in [0.1, 0.15) is 5.37 Å². The van der Waals surface area contributed by atoms with Crippen molar-refractivity contribution in [3.8, 4) is 0 Å². The second-order valence-electron chi connectivity index (χ2n) is 7.57. The molecule has 1 aromatic carbocycles. The van der Waals surface area contributed by atoms with E-state index in [1.807, 2.05) is 11.8 Å². The minimum absolute atomic E-state index is 0.00326. The molecule has 0 aromatic heterocycles. The molecule has 24 heavy (non-hydrogen) atoms. The average molecular weight is 349 g/mol. The summed E-state index contributed by atoms with van der Waals surface area (Å²) >= 11 is 1.66. The van der Waals surface area contributed by atoms with Crippen LogP contribution in [0.3, 0.4) is 0 Å². The molecule has 1 heterocycles. The Hall–Kier alpha value is -1.49. The van der Waals surface area contributed by atoms with Crippen molar-refractivity contribution in [1.82, 2.24) is 9.80 Å². The van der Waals surface area contributed by atoms with E-state index in [4.69, 9.17) is 0 Å². The van der Waals surface area contributed by atoms with E-state index < -0.39 is 0 Å². The summed E-state index contributed by atoms with van der Waals surface area (Å²) in [6, 6.07) is 8.52. The molecule has 4 nitrogen and oxygen atoms in total. The van der Waals surface area contributed by atoms with Crippen molar-refractivity contribution >= 4 is 23.6 Å². The molecule has 0 spiro atoms. The lowest BCUT2D eigenvalue weighted by atomic mass is 9.86. The van der Waals surface area contributed by atoms with Crippen molar-refractivity contribution in [3.05, 3.63) is 35.4 Å². The van der Waals surface area contributed by atoms with Gasteiger partial charge in [-0.15, -0.1) is 11.8 Å². The summed E-state index contributed by atoms with van der Waals surface area (Å²) < 4.78 is 0. The van der Waals surface area contributed by atoms with Crippen molar-refractivity contribution in [1.29, 1.82) is 0 Å². The maximum Gasteiger partial charge on any atom is 0.236 e. The van der Waals surface area contributed by atoms with Gasteiger partial charge in [0.05, 0.1) is 5.25 Å². The molecule has 1 aromatic rings. The average Bonchev–Trinajstić information content (AvgIpc) is 2.79. The molecule has 1 fully saturated rings. The normalized spacial score (nSPS) is 21.2. The molecule has 1 aliphatic rings. The van der Waals surface area contributed by atoms with Crippen LogP contribution >= 0.6 is 11.8 Å². The second-order valence-corrected chi connectivity index (χ2v) is 9.00. The molecule has 0 N–H and O–H groups in total. The van der Waals surface area contributed by atoms with E-state index in [2.05, 4.69) is 45.0 Å². The molecule has 0 saturated carbocycles. The van der Waals surface area contributed by atoms with Crippen LogP contribution in [0.5, 0.6) is 0 Å². The molecule has 0 unspecified atom stereocenters. The highest BCUT2D eigenvalue weighted by molar-refractivity contribution is 8.01. The molecule has 2 rings (SSSR count). The maximum atomic E-state index is 12.5. The smallest absolute Gasteiger partial charge is 0.236 e. The Bertz CT molecular complexity index is 605. The van der Waals surface area contributed by atoms with Crippen LogP contribution in [-0.2, 0) is 15.0 Å². The highest BCUT2D eigenvalue weighted by Crippen LogP contribution is 2.43. The summed E-state index contributed by atoms with van der Waals surface area (Å²) in [4.78, 5) is 27.8. The van der Waals surface area contributed by atoms with E-state index in [0.717, 1.165) is 5.56 Å². The quantitative estimate of drug-likeness (QED) is 0.837. The first-order valence-corrected chi connectivity index (χ1v) is 9.32. The summed E-state index contributed by atoms with van der Waals surface area (Å²) in [5, 5.41) is -0.0665. The van der Waals surface area contributed by atoms with Gasteiger partial charge in [0.15, 0.2) is 0 Å². The SMILES string of the molecule is C[C@@H]1S[C@@H](c2ccc(C(C)(C)C)cc2)N(CCC(=O)N(C)C)C1=O. The number of benzene rings is 1. The first-order chi connectivity index (χ1) is 11.1. The molecular formula is C19H28N2O2S. The van der Waals surface area contributed by atoms with Gasteiger partial charge < -0.3 is 9.80 Å². The minimum atomic E-state index is -0.0632. The van der Waals surface area contributed by atoms with Gasteiger partial charge in [-0.25, -0.2) is 0 Å². The lowest BCUT2D eigenvalue weighted by Gasteiger charge is -2.26. The van der Waals surface area contributed by atoms with Gasteiger partial charge >= 0.3 is 0 Å². The fraction of sp³-hybridized carbons (Fsp3) is 0.579. The van der Waals surface area contributed by atoms with Gasteiger partial charge in [-0.2, -0.15) is 0 Å². The molecule has 0 radical (unpaired) electrons. The van der Waals surface area contributed by atoms with Gasteiger partial charge in [-0.05, 0) is 23.5 Å². The predicted octanol–water partition coefficient (Wildman–Crippen LogP) is 3.42. The number of amides is 2. The number of hydrogen-bond acceptors (Lipinski definition) is 3. The number of carbonyl (C=O) groups is 2. The molecule has 0 aliphatic carbocycles. The largest absolute Gasteiger partial charge is 0.349 e. The zero-order valence-electron chi connectivity index (χ0n) is 15.5. The van der Waals surface area contributed by atoms with E-state index in [-0.39, 0.29) is 27.9 Å². The molecule has 132 valence electrons. The van der Waals surface area contributed by atoms with Crippen LogP contribution in [0.25, 0.3) is 0 Å². The van der Waals surface area contributed by atoms with Crippen LogP contribution in [0.15, 0.2) is 24.3 Å². The van der Waals surface area contributed by atoms with Gasteiger partial charge in [0, 0.05) is 27.1 Å². The van der Waals surface area contributed by atoms with Crippen LogP contribution in [0.1, 0.15) is 50.6 Å². The molecule has 0 bridgehead atoms. The third-order valence-electron chi connectivity index (χ3n) is 4.37. The van der Waals surface area contributed by atoms with Crippen LogP contribution in [0.2, 0.25) is 0 Å². The number of nitrogens with zero attached hydrogens (tertiary/aromatic N) is 2. The lowest BCUT2D eigenvalue weighted by molar-refractivity contribution is -0.132. The minimum Gasteiger partial charge on any atom is -0.349 e. The third kappa shape index (κ3) is 4.12. The highest BCUT2D eigenvalue weighted by atomic mass is 32.2. The molecule has 2 amide bonds. The Morgan fingerprint density at radius 2 is 1.79 bits per heavy atom. The van der Waals surface area contributed by atoms with Crippen LogP contribution in [-0.4, -0.2) is 47.5 Å². The van der Waals surface area contributed by atoms with Crippen molar-refractivity contribution in [3.63, 3.8) is 0 Å². The summed E-state index contributed by atoms with van der Waals surface area (Å²) in [6.07, 6.45) is 0.364. The van der Waals surface area contributed by atoms with E-state index in [0.29, 0.717) is 13.0 Å². The fourth-order valence-electron chi connectivity index (χ4n) is 2.75. The van der Waals surface area contributed by atoms with Crippen LogP contribution in [0, 0.1) is 0 Å². The first kappa shape index (κ1) is 18.8. The molecule has 1 saturated heterocycles. The molecular weight excluding hydrogens is 320 g/mol. The standard InChI is InChI=1S/C19H28N2O2S/c1-13-17(23)21(12-11-16(22)20(5)6)18(24-13)14-7-9-15(10-8-14)19(2,3)4/h7-10,13,18H,11-12H2,1-6H3/t13-,18-/m0/s1. The van der Waals surface area contributed by atoms with E-state index in [9.17, 15) is 9.59 Å². The van der Waals surface area contributed by atoms with Crippen molar-refractivity contribution in [2.24, 2.45) is 0 Å². The van der Waals surface area contributed by atoms with Gasteiger partial charge in [-0.1, -0.05) is 45.0 Å². The third-order valence-corrected chi connectivity index (χ3v) is 5.77. The molecule has 5 heteroatoms. The summed E-state index contributed by atoms with van der Waals surface area (Å²) in [5.74, 6) is 0.172. The summed E-state index contributed by atoms with van der Waals surface area (Å²) in [6.45, 7) is 8.99. The molecule has 2 atom stereocenters. The van der Waals surface area contributed by atoms with E-state index >= 15 is 0 Å². The predicted molar refractivity (Wildman–Crippen MR) is 100.0 cm³/mol. The fourth-order valence-corrected chi connectivity index (χ4v) is 4.06. The van der Waals surface area contributed by atoms with Crippen LogP contribution in [0.4, 0.5) is 0 Å². The van der Waals surface area contributed by atoms with E-state index in [1.54, 1.807) is 30.8 Å². The Balaban J connectivity index is 2.17. The van der Waals surface area contributed by atoms with Crippen molar-refractivity contribution in [2.45, 2.75) is 50.2 Å². The van der Waals surface area contributed by atoms with Gasteiger partial charge in [0.25, 0.3) is 0 Å². The Labute approximate surface area is 149 Å². The number of rotatable bonds is 4. The summed E-state index contributed by atoms with van der Waals surface area (Å²) in [7, 11) is 3.49. The van der Waals surface area contributed by atoms with Crippen molar-refractivity contribution in [2.75, 3.05) is 20.6 Å². The summed E-state index contributed by atoms with van der Waals surface area (Å²) in [5.41, 5.74) is 2.52. The number of hydrogen-bond donors (Lipinski definition) is 0. The Morgan fingerprint density at radius 1 is 1.21 bits per heavy atom. The highest BCUT2D eigenvalue weighted by Gasteiger charge is 2.38. The van der Waals surface area contributed by atoms with Crippen molar-refractivity contribution < 1.29 is 9.59 Å². The topological polar surface area (TPSA) is 40.6 Å². The first-order valence-electron chi connectivity index (χ1n) is 8.38. The number of thioether (sulfide) groups is 1. The maximum absolute atomic E-state index is 12.5. The van der Waals surface area contributed by atoms with Crippen LogP contribution < -0.4 is 0 Å². The van der Waals surface area contributed by atoms with Gasteiger partial charge in [-0.3, -0.25) is 9.59 Å².